The number of carboxylic acids is 1. The second-order valence-corrected chi connectivity index (χ2v) is 4.09. The Hall–Kier alpha value is -1.85. The molecule has 0 aliphatic heterocycles. The van der Waals surface area contributed by atoms with Crippen LogP contribution in [0.5, 0.6) is 5.88 Å². The summed E-state index contributed by atoms with van der Waals surface area (Å²) in [6, 6.07) is 0. The van der Waals surface area contributed by atoms with Crippen molar-refractivity contribution in [1.29, 1.82) is 0 Å². The number of carboxylic acid groups (broad SMARTS) is 1. The fraction of sp³-hybridized carbons (Fsp3) is 0.545. The van der Waals surface area contributed by atoms with Gasteiger partial charge in [0.15, 0.2) is 5.82 Å². The van der Waals surface area contributed by atoms with Gasteiger partial charge >= 0.3 is 5.97 Å². The highest BCUT2D eigenvalue weighted by Crippen LogP contribution is 2.14. The monoisotopic (exact) mass is 239 g/mol. The second-order valence-electron chi connectivity index (χ2n) is 4.09. The maximum Gasteiger partial charge on any atom is 0.323 e. The van der Waals surface area contributed by atoms with Gasteiger partial charge in [-0.25, -0.2) is 0 Å². The Bertz CT molecular complexity index is 382. The third kappa shape index (κ3) is 4.26. The fourth-order valence-electron chi connectivity index (χ4n) is 1.43. The number of methoxy groups -OCH3 is 1. The van der Waals surface area contributed by atoms with Crippen molar-refractivity contribution in [2.45, 2.75) is 13.8 Å². The number of aliphatic carboxylic acids is 1. The van der Waals surface area contributed by atoms with Crippen LogP contribution in [0.3, 0.4) is 0 Å². The Morgan fingerprint density at radius 2 is 2.24 bits per heavy atom. The summed E-state index contributed by atoms with van der Waals surface area (Å²) in [5.41, 5.74) is 0. The number of ether oxygens (including phenoxy) is 1. The van der Waals surface area contributed by atoms with E-state index in [4.69, 9.17) is 9.84 Å². The molecule has 0 spiro atoms. The number of anilines is 1. The Morgan fingerprint density at radius 3 is 2.76 bits per heavy atom. The first-order valence-electron chi connectivity index (χ1n) is 5.35. The first-order valence-corrected chi connectivity index (χ1v) is 5.35. The van der Waals surface area contributed by atoms with Gasteiger partial charge in [-0.1, -0.05) is 13.8 Å². The average Bonchev–Trinajstić information content (AvgIpc) is 2.27. The van der Waals surface area contributed by atoms with E-state index in [9.17, 15) is 4.79 Å². The normalized spacial score (nSPS) is 10.4. The number of aromatic nitrogens is 2. The van der Waals surface area contributed by atoms with Crippen LogP contribution in [0.2, 0.25) is 0 Å². The maximum atomic E-state index is 10.8. The van der Waals surface area contributed by atoms with Crippen molar-refractivity contribution >= 4 is 11.8 Å². The highest BCUT2D eigenvalue weighted by Gasteiger charge is 2.14. The van der Waals surface area contributed by atoms with Gasteiger partial charge in [0.05, 0.1) is 19.5 Å². The molecule has 0 aliphatic carbocycles. The lowest BCUT2D eigenvalue weighted by Gasteiger charge is -2.23. The van der Waals surface area contributed by atoms with Gasteiger partial charge in [0, 0.05) is 6.54 Å². The van der Waals surface area contributed by atoms with E-state index in [0.717, 1.165) is 0 Å². The van der Waals surface area contributed by atoms with Gasteiger partial charge in [-0.15, -0.1) is 0 Å². The van der Waals surface area contributed by atoms with E-state index in [0.29, 0.717) is 24.2 Å². The van der Waals surface area contributed by atoms with Gasteiger partial charge in [0.2, 0.25) is 5.88 Å². The topological polar surface area (TPSA) is 75.5 Å². The maximum absolute atomic E-state index is 10.8. The van der Waals surface area contributed by atoms with Gasteiger partial charge in [0.1, 0.15) is 6.54 Å². The molecule has 0 fully saturated rings. The molecule has 0 saturated heterocycles. The van der Waals surface area contributed by atoms with E-state index in [2.05, 4.69) is 9.97 Å². The summed E-state index contributed by atoms with van der Waals surface area (Å²) in [6.07, 6.45) is 3.02. The summed E-state index contributed by atoms with van der Waals surface area (Å²) in [4.78, 5) is 20.6. The highest BCUT2D eigenvalue weighted by molar-refractivity contribution is 5.73. The molecule has 6 nitrogen and oxygen atoms in total. The quantitative estimate of drug-likeness (QED) is 0.799. The number of nitrogens with zero attached hydrogens (tertiary/aromatic N) is 3. The number of carbonyl (C=O) groups is 1. The Morgan fingerprint density at radius 1 is 1.53 bits per heavy atom. The van der Waals surface area contributed by atoms with Crippen LogP contribution in [-0.4, -0.2) is 41.2 Å². The van der Waals surface area contributed by atoms with Crippen molar-refractivity contribution in [2.24, 2.45) is 5.92 Å². The highest BCUT2D eigenvalue weighted by atomic mass is 16.5. The van der Waals surface area contributed by atoms with Crippen molar-refractivity contribution in [1.82, 2.24) is 9.97 Å². The molecule has 17 heavy (non-hydrogen) atoms. The molecule has 6 heteroatoms. The van der Waals surface area contributed by atoms with Crippen LogP contribution in [0.15, 0.2) is 12.4 Å². The zero-order valence-corrected chi connectivity index (χ0v) is 10.3. The molecule has 0 radical (unpaired) electrons. The van der Waals surface area contributed by atoms with Crippen LogP contribution in [0.1, 0.15) is 13.8 Å². The Labute approximate surface area is 100 Å². The third-order valence-corrected chi connectivity index (χ3v) is 2.04. The summed E-state index contributed by atoms with van der Waals surface area (Å²) >= 11 is 0. The Kier molecular flexibility index (Phi) is 4.68. The van der Waals surface area contributed by atoms with E-state index in [1.54, 1.807) is 4.90 Å². The molecule has 0 saturated carbocycles. The first kappa shape index (κ1) is 13.2. The molecular formula is C11H17N3O3. The van der Waals surface area contributed by atoms with Gasteiger partial charge in [0.25, 0.3) is 0 Å². The van der Waals surface area contributed by atoms with Crippen LogP contribution >= 0.6 is 0 Å². The van der Waals surface area contributed by atoms with E-state index in [1.807, 2.05) is 13.8 Å². The van der Waals surface area contributed by atoms with Crippen molar-refractivity contribution in [3.8, 4) is 5.88 Å². The Balaban J connectivity index is 2.90. The molecular weight excluding hydrogens is 222 g/mol. The predicted molar refractivity (Wildman–Crippen MR) is 63.3 cm³/mol. The average molecular weight is 239 g/mol. The van der Waals surface area contributed by atoms with Crippen molar-refractivity contribution in [3.05, 3.63) is 12.4 Å². The largest absolute Gasteiger partial charge is 0.480 e. The van der Waals surface area contributed by atoms with Gasteiger partial charge < -0.3 is 14.7 Å². The minimum absolute atomic E-state index is 0.0972. The number of hydrogen-bond acceptors (Lipinski definition) is 5. The van der Waals surface area contributed by atoms with Crippen molar-refractivity contribution < 1.29 is 14.6 Å². The summed E-state index contributed by atoms with van der Waals surface area (Å²) in [5, 5.41) is 8.86. The molecule has 1 aromatic heterocycles. The fourth-order valence-corrected chi connectivity index (χ4v) is 1.43. The molecule has 0 aliphatic rings. The minimum atomic E-state index is -0.893. The molecule has 1 rings (SSSR count). The van der Waals surface area contributed by atoms with Crippen LogP contribution in [0, 0.1) is 5.92 Å². The zero-order valence-electron chi connectivity index (χ0n) is 10.3. The molecule has 0 aromatic carbocycles. The molecule has 0 atom stereocenters. The van der Waals surface area contributed by atoms with E-state index < -0.39 is 5.97 Å². The summed E-state index contributed by atoms with van der Waals surface area (Å²) < 4.78 is 4.97. The third-order valence-electron chi connectivity index (χ3n) is 2.04. The molecule has 0 bridgehead atoms. The molecule has 0 amide bonds. The van der Waals surface area contributed by atoms with Crippen LogP contribution in [-0.2, 0) is 4.79 Å². The minimum Gasteiger partial charge on any atom is -0.480 e. The zero-order chi connectivity index (χ0) is 12.8. The molecule has 1 aromatic rings. The molecule has 94 valence electrons. The number of rotatable bonds is 6. The van der Waals surface area contributed by atoms with Crippen molar-refractivity contribution in [3.63, 3.8) is 0 Å². The molecule has 0 unspecified atom stereocenters. The SMILES string of the molecule is COc1cncc(N(CC(=O)O)CC(C)C)n1. The van der Waals surface area contributed by atoms with Crippen LogP contribution in [0.25, 0.3) is 0 Å². The summed E-state index contributed by atoms with van der Waals surface area (Å²) in [7, 11) is 1.50. The molecule has 1 N–H and O–H groups in total. The van der Waals surface area contributed by atoms with Crippen LogP contribution < -0.4 is 9.64 Å². The van der Waals surface area contributed by atoms with Gasteiger partial charge in [-0.2, -0.15) is 4.98 Å². The van der Waals surface area contributed by atoms with E-state index in [-0.39, 0.29) is 6.54 Å². The van der Waals surface area contributed by atoms with Gasteiger partial charge in [-0.3, -0.25) is 9.78 Å². The van der Waals surface area contributed by atoms with E-state index in [1.165, 1.54) is 19.5 Å². The smallest absolute Gasteiger partial charge is 0.323 e. The molecule has 1 heterocycles. The number of hydrogen-bond donors (Lipinski definition) is 1. The predicted octanol–water partition coefficient (Wildman–Crippen LogP) is 1.03. The summed E-state index contributed by atoms with van der Waals surface area (Å²) in [6.45, 7) is 4.54. The van der Waals surface area contributed by atoms with Gasteiger partial charge in [-0.05, 0) is 5.92 Å². The lowest BCUT2D eigenvalue weighted by Crippen LogP contribution is -2.33. The summed E-state index contributed by atoms with van der Waals surface area (Å²) in [5.74, 6) is 0.333. The lowest BCUT2D eigenvalue weighted by atomic mass is 10.2. The lowest BCUT2D eigenvalue weighted by molar-refractivity contribution is -0.135. The van der Waals surface area contributed by atoms with Crippen LogP contribution in [0.4, 0.5) is 5.82 Å². The first-order chi connectivity index (χ1) is 8.02. The van der Waals surface area contributed by atoms with E-state index >= 15 is 0 Å². The standard InChI is InChI=1S/C11H17N3O3/c1-8(2)6-14(7-11(15)16)9-4-12-5-10(13-9)17-3/h4-5,8H,6-7H2,1-3H3,(H,15,16). The van der Waals surface area contributed by atoms with Crippen molar-refractivity contribution in [2.75, 3.05) is 25.1 Å². The second kappa shape index (κ2) is 6.03.